The summed E-state index contributed by atoms with van der Waals surface area (Å²) in [6, 6.07) is 0. The van der Waals surface area contributed by atoms with Crippen molar-refractivity contribution in [2.75, 3.05) is 13.1 Å². The van der Waals surface area contributed by atoms with Crippen LogP contribution in [0.3, 0.4) is 0 Å². The quantitative estimate of drug-likeness (QED) is 0.607. The predicted molar refractivity (Wildman–Crippen MR) is 45.5 cm³/mol. The van der Waals surface area contributed by atoms with Gasteiger partial charge in [-0.2, -0.15) is 0 Å². The van der Waals surface area contributed by atoms with Crippen LogP contribution in [0.5, 0.6) is 0 Å². The van der Waals surface area contributed by atoms with Crippen molar-refractivity contribution >= 4 is 0 Å². The van der Waals surface area contributed by atoms with Crippen molar-refractivity contribution in [2.24, 2.45) is 0 Å². The van der Waals surface area contributed by atoms with E-state index in [1.54, 1.807) is 6.33 Å². The van der Waals surface area contributed by atoms with Crippen LogP contribution >= 0.6 is 0 Å². The van der Waals surface area contributed by atoms with Crippen LogP contribution in [0.25, 0.3) is 0 Å². The molecule has 0 saturated carbocycles. The first kappa shape index (κ1) is 7.68. The molecule has 0 spiro atoms. The first-order valence-corrected chi connectivity index (χ1v) is 4.33. The molecule has 0 bridgehead atoms. The van der Waals surface area contributed by atoms with Gasteiger partial charge in [-0.25, -0.2) is 9.97 Å². The molecule has 2 heterocycles. The normalized spacial score (nSPS) is 17.4. The fraction of sp³-hybridized carbons (Fsp3) is 0.556. The number of fused-ring (bicyclic) bond motifs is 1. The van der Waals surface area contributed by atoms with Gasteiger partial charge in [-0.1, -0.05) is 6.92 Å². The molecule has 0 atom stereocenters. The van der Waals surface area contributed by atoms with Gasteiger partial charge in [0, 0.05) is 18.7 Å². The highest BCUT2D eigenvalue weighted by molar-refractivity contribution is 5.17. The van der Waals surface area contributed by atoms with Crippen molar-refractivity contribution in [3.05, 3.63) is 23.8 Å². The molecular weight excluding hydrogens is 150 g/mol. The summed E-state index contributed by atoms with van der Waals surface area (Å²) in [6.07, 6.45) is 5.62. The van der Waals surface area contributed by atoms with Crippen LogP contribution in [0.15, 0.2) is 6.33 Å². The van der Waals surface area contributed by atoms with Gasteiger partial charge in [0.1, 0.15) is 6.33 Å². The summed E-state index contributed by atoms with van der Waals surface area (Å²) in [6.45, 7) is 5.36. The maximum atomic E-state index is 4.23. The van der Waals surface area contributed by atoms with E-state index < -0.39 is 0 Å². The molecule has 0 unspecified atom stereocenters. The highest BCUT2D eigenvalue weighted by Gasteiger charge is 2.15. The van der Waals surface area contributed by atoms with Crippen molar-refractivity contribution in [2.45, 2.75) is 19.9 Å². The van der Waals surface area contributed by atoms with Crippen LogP contribution < -0.4 is 0 Å². The van der Waals surface area contributed by atoms with E-state index in [-0.39, 0.29) is 0 Å². The van der Waals surface area contributed by atoms with Gasteiger partial charge in [0.05, 0.1) is 11.9 Å². The maximum absolute atomic E-state index is 4.23. The van der Waals surface area contributed by atoms with E-state index in [1.807, 2.05) is 0 Å². The van der Waals surface area contributed by atoms with Crippen LogP contribution in [0, 0.1) is 6.20 Å². The van der Waals surface area contributed by atoms with Crippen LogP contribution in [-0.2, 0) is 13.0 Å². The Labute approximate surface area is 72.4 Å². The Morgan fingerprint density at radius 1 is 1.67 bits per heavy atom. The van der Waals surface area contributed by atoms with Gasteiger partial charge < -0.3 is 0 Å². The van der Waals surface area contributed by atoms with Crippen LogP contribution in [0.2, 0.25) is 0 Å². The molecular formula is C9H12N3. The third kappa shape index (κ3) is 1.32. The second-order valence-electron chi connectivity index (χ2n) is 3.03. The van der Waals surface area contributed by atoms with Gasteiger partial charge in [-0.05, 0) is 13.0 Å². The average molecular weight is 162 g/mol. The Bertz CT molecular complexity index is 272. The number of hydrogen-bond acceptors (Lipinski definition) is 3. The zero-order chi connectivity index (χ0) is 8.39. The number of likely N-dealkylation sites (N-methyl/N-ethyl adjacent to an activating group) is 1. The van der Waals surface area contributed by atoms with Crippen LogP contribution in [0.4, 0.5) is 0 Å². The molecule has 63 valence electrons. The molecule has 0 aromatic carbocycles. The first-order chi connectivity index (χ1) is 5.90. The Morgan fingerprint density at radius 2 is 2.58 bits per heavy atom. The number of rotatable bonds is 1. The molecule has 1 aromatic heterocycles. The molecule has 2 rings (SSSR count). The summed E-state index contributed by atoms with van der Waals surface area (Å²) in [5.74, 6) is 0. The SMILES string of the molecule is CCN1CCc2[c]ncnc2C1. The van der Waals surface area contributed by atoms with Gasteiger partial charge >= 0.3 is 0 Å². The molecule has 0 aliphatic carbocycles. The summed E-state index contributed by atoms with van der Waals surface area (Å²) in [7, 11) is 0. The second kappa shape index (κ2) is 3.19. The molecule has 1 aliphatic heterocycles. The van der Waals surface area contributed by atoms with E-state index in [0.717, 1.165) is 31.7 Å². The Balaban J connectivity index is 2.23. The lowest BCUT2D eigenvalue weighted by atomic mass is 10.1. The van der Waals surface area contributed by atoms with Crippen LogP contribution in [-0.4, -0.2) is 28.0 Å². The molecule has 0 N–H and O–H groups in total. The number of hydrogen-bond donors (Lipinski definition) is 0. The number of aromatic nitrogens is 2. The molecule has 0 amide bonds. The minimum Gasteiger partial charge on any atom is -0.297 e. The lowest BCUT2D eigenvalue weighted by Gasteiger charge is -2.25. The van der Waals surface area contributed by atoms with Crippen molar-refractivity contribution in [3.8, 4) is 0 Å². The topological polar surface area (TPSA) is 29.0 Å². The predicted octanol–water partition coefficient (Wildman–Crippen LogP) is 0.655. The summed E-state index contributed by atoms with van der Waals surface area (Å²) in [4.78, 5) is 10.5. The van der Waals surface area contributed by atoms with Gasteiger partial charge in [0.25, 0.3) is 0 Å². The van der Waals surface area contributed by atoms with Gasteiger partial charge in [-0.15, -0.1) is 0 Å². The molecule has 0 fully saturated rings. The Hall–Kier alpha value is -0.960. The smallest absolute Gasteiger partial charge is 0.116 e. The third-order valence-corrected chi connectivity index (χ3v) is 2.32. The third-order valence-electron chi connectivity index (χ3n) is 2.32. The summed E-state index contributed by atoms with van der Waals surface area (Å²) < 4.78 is 0. The molecule has 1 radical (unpaired) electrons. The number of nitrogens with zero attached hydrogens (tertiary/aromatic N) is 3. The van der Waals surface area contributed by atoms with E-state index in [2.05, 4.69) is 28.0 Å². The van der Waals surface area contributed by atoms with Crippen LogP contribution in [0.1, 0.15) is 18.2 Å². The minimum absolute atomic E-state index is 0.963. The lowest BCUT2D eigenvalue weighted by molar-refractivity contribution is 0.263. The highest BCUT2D eigenvalue weighted by atomic mass is 15.1. The van der Waals surface area contributed by atoms with Crippen molar-refractivity contribution in [1.82, 2.24) is 14.9 Å². The Kier molecular flexibility index (Phi) is 2.04. The fourth-order valence-corrected chi connectivity index (χ4v) is 1.51. The van der Waals surface area contributed by atoms with E-state index in [1.165, 1.54) is 5.56 Å². The maximum Gasteiger partial charge on any atom is 0.116 e. The van der Waals surface area contributed by atoms with Gasteiger partial charge in [0.15, 0.2) is 0 Å². The van der Waals surface area contributed by atoms with Crippen molar-refractivity contribution in [3.63, 3.8) is 0 Å². The van der Waals surface area contributed by atoms with Gasteiger partial charge in [-0.3, -0.25) is 4.90 Å². The first-order valence-electron chi connectivity index (χ1n) is 4.33. The molecule has 0 saturated heterocycles. The largest absolute Gasteiger partial charge is 0.297 e. The minimum atomic E-state index is 0.963. The molecule has 3 nitrogen and oxygen atoms in total. The summed E-state index contributed by atoms with van der Waals surface area (Å²) in [5, 5.41) is 0. The second-order valence-corrected chi connectivity index (χ2v) is 3.03. The fourth-order valence-electron chi connectivity index (χ4n) is 1.51. The van der Waals surface area contributed by atoms with E-state index >= 15 is 0 Å². The van der Waals surface area contributed by atoms with E-state index in [4.69, 9.17) is 0 Å². The molecule has 12 heavy (non-hydrogen) atoms. The average Bonchev–Trinajstić information content (AvgIpc) is 2.17. The van der Waals surface area contributed by atoms with E-state index in [0.29, 0.717) is 0 Å². The highest BCUT2D eigenvalue weighted by Crippen LogP contribution is 2.13. The van der Waals surface area contributed by atoms with Gasteiger partial charge in [0.2, 0.25) is 0 Å². The zero-order valence-corrected chi connectivity index (χ0v) is 7.25. The van der Waals surface area contributed by atoms with Crippen molar-refractivity contribution in [1.29, 1.82) is 0 Å². The lowest BCUT2D eigenvalue weighted by Crippen LogP contribution is -2.31. The standard InChI is InChI=1S/C9H12N3/c1-2-12-4-3-8-5-10-7-11-9(8)6-12/h7H,2-4,6H2,1H3. The Morgan fingerprint density at radius 3 is 3.42 bits per heavy atom. The molecule has 1 aliphatic rings. The summed E-state index contributed by atoms with van der Waals surface area (Å²) in [5.41, 5.74) is 2.35. The molecule has 1 aromatic rings. The summed E-state index contributed by atoms with van der Waals surface area (Å²) >= 11 is 0. The zero-order valence-electron chi connectivity index (χ0n) is 7.25. The molecule has 3 heteroatoms. The van der Waals surface area contributed by atoms with E-state index in [9.17, 15) is 0 Å². The van der Waals surface area contributed by atoms with Crippen molar-refractivity contribution < 1.29 is 0 Å². The monoisotopic (exact) mass is 162 g/mol.